The van der Waals surface area contributed by atoms with Crippen molar-refractivity contribution in [1.82, 2.24) is 4.57 Å². The third-order valence-corrected chi connectivity index (χ3v) is 6.74. The molecule has 2 N–H and O–H groups in total. The van der Waals surface area contributed by atoms with Gasteiger partial charge in [0.05, 0.1) is 10.4 Å². The second-order valence-corrected chi connectivity index (χ2v) is 9.38. The highest BCUT2D eigenvalue weighted by Crippen LogP contribution is 2.23. The van der Waals surface area contributed by atoms with E-state index in [4.69, 9.17) is 4.42 Å². The normalized spacial score (nSPS) is 11.5. The summed E-state index contributed by atoms with van der Waals surface area (Å²) in [6.07, 6.45) is 0.508. The Labute approximate surface area is 195 Å². The number of hydrogen-bond donors (Lipinski definition) is 2. The quantitative estimate of drug-likeness (QED) is 0.389. The molecule has 1 aromatic heterocycles. The second-order valence-electron chi connectivity index (χ2n) is 7.73. The Morgan fingerprint density at radius 2 is 1.74 bits per heavy atom. The van der Waals surface area contributed by atoms with E-state index in [9.17, 15) is 22.4 Å². The Morgan fingerprint density at radius 1 is 1.03 bits per heavy atom. The Morgan fingerprint density at radius 3 is 2.50 bits per heavy atom. The van der Waals surface area contributed by atoms with Gasteiger partial charge in [0.25, 0.3) is 10.0 Å². The second kappa shape index (κ2) is 9.52. The van der Waals surface area contributed by atoms with Crippen LogP contribution < -0.4 is 15.8 Å². The fraction of sp³-hybridized carbons (Fsp3) is 0.167. The highest BCUT2D eigenvalue weighted by atomic mass is 32.2. The molecule has 0 radical (unpaired) electrons. The minimum atomic E-state index is -3.96. The van der Waals surface area contributed by atoms with Gasteiger partial charge in [0.2, 0.25) is 5.91 Å². The lowest BCUT2D eigenvalue weighted by Crippen LogP contribution is -2.18. The van der Waals surface area contributed by atoms with Crippen LogP contribution in [0.1, 0.15) is 18.4 Å². The summed E-state index contributed by atoms with van der Waals surface area (Å²) >= 11 is 0. The first kappa shape index (κ1) is 23.2. The van der Waals surface area contributed by atoms with Crippen molar-refractivity contribution in [2.24, 2.45) is 0 Å². The van der Waals surface area contributed by atoms with Gasteiger partial charge in [-0.05, 0) is 67.4 Å². The number of hydrogen-bond acceptors (Lipinski definition) is 5. The number of benzene rings is 3. The fourth-order valence-electron chi connectivity index (χ4n) is 3.54. The first-order valence-corrected chi connectivity index (χ1v) is 12.0. The Balaban J connectivity index is 1.41. The molecule has 0 spiro atoms. The average Bonchev–Trinajstić information content (AvgIpc) is 3.11. The zero-order chi connectivity index (χ0) is 24.3. The third-order valence-electron chi connectivity index (χ3n) is 5.22. The monoisotopic (exact) mass is 483 g/mol. The lowest BCUT2D eigenvalue weighted by molar-refractivity contribution is -0.116. The van der Waals surface area contributed by atoms with E-state index in [0.29, 0.717) is 35.3 Å². The molecule has 8 nitrogen and oxygen atoms in total. The predicted molar refractivity (Wildman–Crippen MR) is 127 cm³/mol. The number of fused-ring (bicyclic) bond motifs is 1. The molecule has 0 saturated heterocycles. The van der Waals surface area contributed by atoms with Crippen LogP contribution in [0.4, 0.5) is 15.8 Å². The van der Waals surface area contributed by atoms with Crippen molar-refractivity contribution < 1.29 is 22.0 Å². The molecular formula is C24H22FN3O5S. The van der Waals surface area contributed by atoms with E-state index in [1.807, 2.05) is 0 Å². The molecule has 0 bridgehead atoms. The van der Waals surface area contributed by atoms with E-state index < -0.39 is 21.6 Å². The highest BCUT2D eigenvalue weighted by molar-refractivity contribution is 7.92. The van der Waals surface area contributed by atoms with E-state index in [1.165, 1.54) is 22.8 Å². The van der Waals surface area contributed by atoms with E-state index in [2.05, 4.69) is 10.0 Å². The van der Waals surface area contributed by atoms with Crippen molar-refractivity contribution >= 4 is 38.4 Å². The van der Waals surface area contributed by atoms with E-state index in [0.717, 1.165) is 12.1 Å². The van der Waals surface area contributed by atoms with Crippen molar-refractivity contribution in [3.8, 4) is 0 Å². The molecule has 10 heteroatoms. The molecule has 0 unspecified atom stereocenters. The number of sulfonamides is 1. The summed E-state index contributed by atoms with van der Waals surface area (Å²) in [5.41, 5.74) is 2.17. The van der Waals surface area contributed by atoms with Gasteiger partial charge in [-0.1, -0.05) is 18.2 Å². The summed E-state index contributed by atoms with van der Waals surface area (Å²) < 4.78 is 47.8. The lowest BCUT2D eigenvalue weighted by atomic mass is 10.2. The maximum absolute atomic E-state index is 13.1. The SMILES string of the molecule is Cc1ccc(NC(=O)CCCn2c(=O)oc3ccccc32)cc1S(=O)(=O)Nc1ccc(F)cc1. The summed E-state index contributed by atoms with van der Waals surface area (Å²) in [5, 5.41) is 2.69. The number of aryl methyl sites for hydroxylation is 2. The Bertz CT molecular complexity index is 1510. The van der Waals surface area contributed by atoms with Crippen LogP contribution in [0.3, 0.4) is 0 Å². The zero-order valence-corrected chi connectivity index (χ0v) is 19.1. The maximum Gasteiger partial charge on any atom is 0.419 e. The minimum absolute atomic E-state index is 0.00829. The topological polar surface area (TPSA) is 110 Å². The van der Waals surface area contributed by atoms with Crippen LogP contribution in [0.15, 0.2) is 80.8 Å². The van der Waals surface area contributed by atoms with Crippen LogP contribution in [0.25, 0.3) is 11.1 Å². The van der Waals surface area contributed by atoms with E-state index in [-0.39, 0.29) is 22.9 Å². The largest absolute Gasteiger partial charge is 0.419 e. The molecule has 34 heavy (non-hydrogen) atoms. The van der Waals surface area contributed by atoms with Crippen molar-refractivity contribution in [2.75, 3.05) is 10.0 Å². The van der Waals surface area contributed by atoms with Gasteiger partial charge in [0.15, 0.2) is 5.58 Å². The summed E-state index contributed by atoms with van der Waals surface area (Å²) in [6.45, 7) is 1.94. The van der Waals surface area contributed by atoms with Gasteiger partial charge >= 0.3 is 5.76 Å². The highest BCUT2D eigenvalue weighted by Gasteiger charge is 2.18. The molecular weight excluding hydrogens is 461 g/mol. The van der Waals surface area contributed by atoms with Gasteiger partial charge in [-0.3, -0.25) is 14.1 Å². The molecule has 0 aliphatic carbocycles. The molecule has 0 aliphatic rings. The number of para-hydroxylation sites is 2. The molecule has 3 aromatic carbocycles. The fourth-order valence-corrected chi connectivity index (χ4v) is 4.87. The van der Waals surface area contributed by atoms with Gasteiger partial charge in [-0.15, -0.1) is 0 Å². The van der Waals surface area contributed by atoms with Gasteiger partial charge in [0, 0.05) is 24.3 Å². The maximum atomic E-state index is 13.1. The van der Waals surface area contributed by atoms with Crippen LogP contribution in [0, 0.1) is 12.7 Å². The number of halogens is 1. The third kappa shape index (κ3) is 5.18. The summed E-state index contributed by atoms with van der Waals surface area (Å²) in [4.78, 5) is 24.5. The van der Waals surface area contributed by atoms with Crippen LogP contribution in [-0.4, -0.2) is 18.9 Å². The summed E-state index contributed by atoms with van der Waals surface area (Å²) in [6, 6.07) is 16.6. The van der Waals surface area contributed by atoms with Gasteiger partial charge < -0.3 is 9.73 Å². The molecule has 1 amide bonds. The lowest BCUT2D eigenvalue weighted by Gasteiger charge is -2.13. The Kier molecular flexibility index (Phi) is 6.51. The van der Waals surface area contributed by atoms with Crippen LogP contribution in [0.5, 0.6) is 0 Å². The number of amides is 1. The number of oxazole rings is 1. The molecule has 0 fully saturated rings. The number of rotatable bonds is 8. The van der Waals surface area contributed by atoms with Crippen molar-refractivity contribution in [3.05, 3.63) is 88.7 Å². The zero-order valence-electron chi connectivity index (χ0n) is 18.2. The predicted octanol–water partition coefficient (Wildman–Crippen LogP) is 4.26. The molecule has 0 saturated carbocycles. The number of carbonyl (C=O) groups is 1. The van der Waals surface area contributed by atoms with Crippen LogP contribution in [0.2, 0.25) is 0 Å². The first-order chi connectivity index (χ1) is 16.2. The number of carbonyl (C=O) groups excluding carboxylic acids is 1. The van der Waals surface area contributed by atoms with Gasteiger partial charge in [0.1, 0.15) is 5.82 Å². The Hall–Kier alpha value is -3.92. The minimum Gasteiger partial charge on any atom is -0.408 e. The summed E-state index contributed by atoms with van der Waals surface area (Å²) in [5.74, 6) is -1.28. The molecule has 4 aromatic rings. The molecule has 176 valence electrons. The van der Waals surface area contributed by atoms with Crippen molar-refractivity contribution in [3.63, 3.8) is 0 Å². The van der Waals surface area contributed by atoms with Crippen molar-refractivity contribution in [2.45, 2.75) is 31.2 Å². The molecule has 0 atom stereocenters. The summed E-state index contributed by atoms with van der Waals surface area (Å²) in [7, 11) is -3.96. The number of nitrogens with one attached hydrogen (secondary N) is 2. The number of anilines is 2. The molecule has 1 heterocycles. The first-order valence-electron chi connectivity index (χ1n) is 10.5. The van der Waals surface area contributed by atoms with Crippen LogP contribution in [-0.2, 0) is 21.4 Å². The van der Waals surface area contributed by atoms with E-state index in [1.54, 1.807) is 43.3 Å². The van der Waals surface area contributed by atoms with Crippen molar-refractivity contribution in [1.29, 1.82) is 0 Å². The van der Waals surface area contributed by atoms with Crippen LogP contribution >= 0.6 is 0 Å². The standard InChI is InChI=1S/C24H22FN3O5S/c1-16-8-11-19(15-22(16)34(31,32)27-18-12-9-17(25)10-13-18)26-23(29)7-4-14-28-20-5-2-3-6-21(20)33-24(28)30/h2-3,5-6,8-13,15,27H,4,7,14H2,1H3,(H,26,29). The molecule has 4 rings (SSSR count). The number of aromatic nitrogens is 1. The van der Waals surface area contributed by atoms with Gasteiger partial charge in [-0.2, -0.15) is 0 Å². The smallest absolute Gasteiger partial charge is 0.408 e. The molecule has 0 aliphatic heterocycles. The number of nitrogens with zero attached hydrogens (tertiary/aromatic N) is 1. The van der Waals surface area contributed by atoms with Gasteiger partial charge in [-0.25, -0.2) is 17.6 Å². The van der Waals surface area contributed by atoms with E-state index >= 15 is 0 Å². The average molecular weight is 484 g/mol.